The van der Waals surface area contributed by atoms with Gasteiger partial charge >= 0.3 is 0 Å². The molecule has 0 spiro atoms. The summed E-state index contributed by atoms with van der Waals surface area (Å²) in [6.07, 6.45) is 8.09. The van der Waals surface area contributed by atoms with Crippen molar-refractivity contribution in [3.8, 4) is 5.75 Å². The number of benzene rings is 1. The molecule has 8 nitrogen and oxygen atoms in total. The minimum Gasteiger partial charge on any atom is -0.497 e. The van der Waals surface area contributed by atoms with Crippen molar-refractivity contribution in [3.05, 3.63) is 45.2 Å². The summed E-state index contributed by atoms with van der Waals surface area (Å²) in [5.41, 5.74) is 3.90. The lowest BCUT2D eigenvalue weighted by Gasteiger charge is -2.26. The van der Waals surface area contributed by atoms with Gasteiger partial charge in [-0.25, -0.2) is 0 Å². The first-order valence-electron chi connectivity index (χ1n) is 8.85. The van der Waals surface area contributed by atoms with Crippen molar-refractivity contribution in [2.75, 3.05) is 38.8 Å². The number of nitrogens with two attached hydrogens (primary N) is 1. The highest BCUT2D eigenvalue weighted by atomic mass is 127. The highest BCUT2D eigenvalue weighted by molar-refractivity contribution is 14.0. The third-order valence-corrected chi connectivity index (χ3v) is 4.24. The Labute approximate surface area is 177 Å². The summed E-state index contributed by atoms with van der Waals surface area (Å²) >= 11 is 0. The molecule has 0 bridgehead atoms. The fraction of sp³-hybridized carbons (Fsp3) is 0.556. The van der Waals surface area contributed by atoms with Crippen LogP contribution in [0.1, 0.15) is 37.7 Å². The molecule has 9 heteroatoms. The average molecular weight is 495 g/mol. The molecule has 1 aliphatic rings. The summed E-state index contributed by atoms with van der Waals surface area (Å²) in [5.74, 6) is 0.913. The monoisotopic (exact) mass is 495 g/mol. The van der Waals surface area contributed by atoms with Crippen LogP contribution in [0.3, 0.4) is 0 Å². The van der Waals surface area contributed by atoms with Gasteiger partial charge in [-0.3, -0.25) is 0 Å². The maximum Gasteiger partial charge on any atom is 0.136 e. The van der Waals surface area contributed by atoms with Gasteiger partial charge in [0.25, 0.3) is 0 Å². The SMILES string of the molecule is COc1ccc2c(c1)N(C)CC=C2[NH2+]CCCCCCCO.I.O=[N+]([O-])[O-]. The fourth-order valence-corrected chi connectivity index (χ4v) is 2.88. The van der Waals surface area contributed by atoms with E-state index < -0.39 is 5.09 Å². The third kappa shape index (κ3) is 9.78. The average Bonchev–Trinajstić information content (AvgIpc) is 2.62. The van der Waals surface area contributed by atoms with Crippen molar-refractivity contribution in [1.29, 1.82) is 0 Å². The number of unbranched alkanes of at least 4 members (excludes halogenated alkanes) is 4. The molecule has 0 atom stereocenters. The molecule has 0 aromatic heterocycles. The number of methoxy groups -OCH3 is 1. The molecule has 1 aliphatic heterocycles. The zero-order chi connectivity index (χ0) is 19.4. The molecule has 0 saturated heterocycles. The Morgan fingerprint density at radius 2 is 1.85 bits per heavy atom. The zero-order valence-corrected chi connectivity index (χ0v) is 18.3. The molecule has 3 N–H and O–H groups in total. The van der Waals surface area contributed by atoms with E-state index >= 15 is 0 Å². The number of fused-ring (bicyclic) bond motifs is 1. The van der Waals surface area contributed by atoms with Gasteiger partial charge in [0.05, 0.1) is 30.0 Å². The van der Waals surface area contributed by atoms with Crippen LogP contribution in [0.25, 0.3) is 5.70 Å². The van der Waals surface area contributed by atoms with Crippen LogP contribution < -0.4 is 15.0 Å². The van der Waals surface area contributed by atoms with Crippen LogP contribution in [0.5, 0.6) is 5.75 Å². The van der Waals surface area contributed by atoms with Gasteiger partial charge in [-0.1, -0.05) is 12.8 Å². The number of hydrogen-bond donors (Lipinski definition) is 2. The summed E-state index contributed by atoms with van der Waals surface area (Å²) < 4.78 is 5.33. The van der Waals surface area contributed by atoms with Crippen LogP contribution in [0, 0.1) is 15.3 Å². The fourth-order valence-electron chi connectivity index (χ4n) is 2.88. The first-order chi connectivity index (χ1) is 12.5. The van der Waals surface area contributed by atoms with Crippen LogP contribution in [0.2, 0.25) is 0 Å². The first kappa shape index (κ1) is 25.4. The topological polar surface area (TPSA) is 116 Å². The second-order valence-electron chi connectivity index (χ2n) is 6.13. The standard InChI is InChI=1S/C18H28N2O2.HI.NO3/c1-20-12-10-17(19-11-6-4-3-5-7-13-21)16-9-8-15(22-2)14-18(16)20;;2-1(3)4/h8-10,14,19,21H,3-7,11-13H2,1-2H3;1H;/q;;-1/p+1. The number of likely N-dealkylation sites (N-methyl/N-ethyl adjacent to an activating group) is 1. The Bertz CT molecular complexity index is 594. The second kappa shape index (κ2) is 14.5. The van der Waals surface area contributed by atoms with Crippen molar-refractivity contribution in [2.24, 2.45) is 0 Å². The second-order valence-corrected chi connectivity index (χ2v) is 6.13. The van der Waals surface area contributed by atoms with E-state index in [9.17, 15) is 0 Å². The highest BCUT2D eigenvalue weighted by Gasteiger charge is 2.19. The van der Waals surface area contributed by atoms with Gasteiger partial charge in [0.1, 0.15) is 11.4 Å². The lowest BCUT2D eigenvalue weighted by molar-refractivity contribution is -0.563. The van der Waals surface area contributed by atoms with E-state index in [0.717, 1.165) is 31.7 Å². The molecule has 2 rings (SSSR count). The van der Waals surface area contributed by atoms with E-state index in [2.05, 4.69) is 35.5 Å². The largest absolute Gasteiger partial charge is 0.497 e. The van der Waals surface area contributed by atoms with Crippen LogP contribution in [-0.4, -0.2) is 44.0 Å². The smallest absolute Gasteiger partial charge is 0.136 e. The molecular formula is C18H30IN3O5. The number of quaternary nitrogens is 1. The Morgan fingerprint density at radius 1 is 1.22 bits per heavy atom. The minimum atomic E-state index is -1.75. The van der Waals surface area contributed by atoms with Gasteiger partial charge in [0, 0.05) is 26.3 Å². The molecular weight excluding hydrogens is 465 g/mol. The van der Waals surface area contributed by atoms with Gasteiger partial charge in [-0.15, -0.1) is 24.0 Å². The molecule has 0 amide bonds. The number of nitrogens with zero attached hydrogens (tertiary/aromatic N) is 2. The van der Waals surface area contributed by atoms with Crippen molar-refractivity contribution >= 4 is 35.4 Å². The highest BCUT2D eigenvalue weighted by Crippen LogP contribution is 2.31. The summed E-state index contributed by atoms with van der Waals surface area (Å²) in [5, 5.41) is 25.9. The minimum absolute atomic E-state index is 0. The van der Waals surface area contributed by atoms with Crippen LogP contribution in [0.15, 0.2) is 24.3 Å². The maximum atomic E-state index is 8.76. The van der Waals surface area contributed by atoms with E-state index in [1.165, 1.54) is 36.2 Å². The molecule has 27 heavy (non-hydrogen) atoms. The van der Waals surface area contributed by atoms with Crippen molar-refractivity contribution in [2.45, 2.75) is 32.1 Å². The number of aliphatic hydroxyl groups is 1. The molecule has 1 heterocycles. The number of anilines is 1. The molecule has 0 radical (unpaired) electrons. The van der Waals surface area contributed by atoms with Gasteiger partial charge in [0.2, 0.25) is 0 Å². The number of aliphatic hydroxyl groups excluding tert-OH is 1. The molecule has 0 unspecified atom stereocenters. The first-order valence-corrected chi connectivity index (χ1v) is 8.85. The van der Waals surface area contributed by atoms with Crippen LogP contribution >= 0.6 is 24.0 Å². The molecule has 0 fully saturated rings. The Hall–Kier alpha value is -1.59. The third-order valence-electron chi connectivity index (χ3n) is 4.24. The van der Waals surface area contributed by atoms with Crippen molar-refractivity contribution in [1.82, 2.24) is 0 Å². The van der Waals surface area contributed by atoms with E-state index in [-0.39, 0.29) is 24.0 Å². The lowest BCUT2D eigenvalue weighted by atomic mass is 10.0. The van der Waals surface area contributed by atoms with E-state index in [0.29, 0.717) is 6.61 Å². The number of rotatable bonds is 9. The van der Waals surface area contributed by atoms with Crippen LogP contribution in [-0.2, 0) is 0 Å². The molecule has 1 aromatic rings. The van der Waals surface area contributed by atoms with E-state index in [1.54, 1.807) is 7.11 Å². The summed E-state index contributed by atoms with van der Waals surface area (Å²) in [6, 6.07) is 6.31. The lowest BCUT2D eigenvalue weighted by Crippen LogP contribution is -2.81. The predicted molar refractivity (Wildman–Crippen MR) is 117 cm³/mol. The molecule has 1 aromatic carbocycles. The van der Waals surface area contributed by atoms with E-state index in [1.807, 2.05) is 6.07 Å². The van der Waals surface area contributed by atoms with Gasteiger partial charge in [-0.2, -0.15) is 0 Å². The molecule has 0 saturated carbocycles. The van der Waals surface area contributed by atoms with Gasteiger partial charge in [-0.05, 0) is 37.5 Å². The number of ether oxygens (including phenoxy) is 1. The Kier molecular flexibility index (Phi) is 13.6. The maximum absolute atomic E-state index is 8.76. The van der Waals surface area contributed by atoms with Gasteiger partial charge < -0.3 is 35.4 Å². The van der Waals surface area contributed by atoms with Crippen molar-refractivity contribution in [3.63, 3.8) is 0 Å². The summed E-state index contributed by atoms with van der Waals surface area (Å²) in [7, 11) is 3.83. The molecule has 154 valence electrons. The molecule has 0 aliphatic carbocycles. The quantitative estimate of drug-likeness (QED) is 0.235. The van der Waals surface area contributed by atoms with Gasteiger partial charge in [0.15, 0.2) is 0 Å². The zero-order valence-electron chi connectivity index (χ0n) is 15.9. The summed E-state index contributed by atoms with van der Waals surface area (Å²) in [6.45, 7) is 2.40. The number of halogens is 1. The van der Waals surface area contributed by atoms with Crippen molar-refractivity contribution < 1.29 is 20.2 Å². The Morgan fingerprint density at radius 3 is 2.48 bits per heavy atom. The van der Waals surface area contributed by atoms with Crippen LogP contribution in [0.4, 0.5) is 5.69 Å². The van der Waals surface area contributed by atoms with E-state index in [4.69, 9.17) is 25.2 Å². The predicted octanol–water partition coefficient (Wildman–Crippen LogP) is 2.37. The number of hydrogen-bond acceptors (Lipinski definition) is 6. The summed E-state index contributed by atoms with van der Waals surface area (Å²) in [4.78, 5) is 10.5. The Balaban J connectivity index is 0.00000123. The normalized spacial score (nSPS) is 12.1.